The Kier molecular flexibility index (Phi) is 8.42. The monoisotopic (exact) mass is 387 g/mol. The number of anilines is 1. The molecule has 2 N–H and O–H groups in total. The highest BCUT2D eigenvalue weighted by Crippen LogP contribution is 2.23. The summed E-state index contributed by atoms with van der Waals surface area (Å²) < 4.78 is 5.40. The fraction of sp³-hybridized carbons (Fsp3) is 0.682. The summed E-state index contributed by atoms with van der Waals surface area (Å²) in [4.78, 5) is 9.69. The van der Waals surface area contributed by atoms with Crippen molar-refractivity contribution in [3.63, 3.8) is 0 Å². The molecule has 0 aromatic heterocycles. The van der Waals surface area contributed by atoms with Gasteiger partial charge in [0.2, 0.25) is 0 Å². The Morgan fingerprint density at radius 1 is 1.07 bits per heavy atom. The number of nitrogens with one attached hydrogen (secondary N) is 2. The van der Waals surface area contributed by atoms with Crippen LogP contribution in [0.2, 0.25) is 0 Å². The first-order valence-electron chi connectivity index (χ1n) is 10.9. The number of hydrogen-bond donors (Lipinski definition) is 2. The van der Waals surface area contributed by atoms with Gasteiger partial charge in [0.05, 0.1) is 19.8 Å². The first-order chi connectivity index (χ1) is 13.7. The van der Waals surface area contributed by atoms with Crippen LogP contribution in [0.15, 0.2) is 29.3 Å². The summed E-state index contributed by atoms with van der Waals surface area (Å²) in [5.74, 6) is 1.76. The van der Waals surface area contributed by atoms with Crippen molar-refractivity contribution in [2.24, 2.45) is 10.9 Å². The van der Waals surface area contributed by atoms with E-state index in [-0.39, 0.29) is 0 Å². The van der Waals surface area contributed by atoms with E-state index in [0.29, 0.717) is 6.54 Å². The highest BCUT2D eigenvalue weighted by atomic mass is 16.5. The van der Waals surface area contributed by atoms with E-state index in [1.807, 2.05) is 0 Å². The van der Waals surface area contributed by atoms with Crippen LogP contribution in [0.25, 0.3) is 0 Å². The average Bonchev–Trinajstić information content (AvgIpc) is 2.74. The molecule has 1 aromatic rings. The van der Waals surface area contributed by atoms with Crippen LogP contribution in [0.1, 0.15) is 32.3 Å². The van der Waals surface area contributed by atoms with Crippen molar-refractivity contribution in [3.05, 3.63) is 29.8 Å². The maximum atomic E-state index is 5.40. The molecule has 156 valence electrons. The number of aliphatic imine (C=N–C) groups is 1. The molecule has 0 radical (unpaired) electrons. The Morgan fingerprint density at radius 2 is 1.79 bits per heavy atom. The van der Waals surface area contributed by atoms with Crippen LogP contribution in [-0.2, 0) is 11.3 Å². The molecular weight excluding hydrogens is 350 g/mol. The molecule has 0 atom stereocenters. The minimum absolute atomic E-state index is 0.699. The largest absolute Gasteiger partial charge is 0.379 e. The Balaban J connectivity index is 1.46. The van der Waals surface area contributed by atoms with E-state index in [1.165, 1.54) is 37.2 Å². The van der Waals surface area contributed by atoms with Crippen molar-refractivity contribution in [1.82, 2.24) is 15.5 Å². The highest BCUT2D eigenvalue weighted by molar-refractivity contribution is 5.79. The maximum Gasteiger partial charge on any atom is 0.191 e. The molecule has 0 amide bonds. The molecule has 0 spiro atoms. The molecule has 2 fully saturated rings. The normalized spacial score (nSPS) is 19.6. The topological polar surface area (TPSA) is 52.1 Å². The lowest BCUT2D eigenvalue weighted by molar-refractivity contribution is 0.0389. The zero-order valence-electron chi connectivity index (χ0n) is 17.6. The smallest absolute Gasteiger partial charge is 0.191 e. The number of rotatable bonds is 7. The first-order valence-corrected chi connectivity index (χ1v) is 10.9. The molecule has 2 aliphatic heterocycles. The molecule has 6 heteroatoms. The Bertz CT molecular complexity index is 589. The molecule has 0 bridgehead atoms. The van der Waals surface area contributed by atoms with Crippen LogP contribution >= 0.6 is 0 Å². The quantitative estimate of drug-likeness (QED) is 0.555. The minimum atomic E-state index is 0.699. The summed E-state index contributed by atoms with van der Waals surface area (Å²) in [5, 5.41) is 6.80. The number of guanidine groups is 1. The fourth-order valence-corrected chi connectivity index (χ4v) is 3.75. The molecule has 0 unspecified atom stereocenters. The van der Waals surface area contributed by atoms with Gasteiger partial charge in [0.25, 0.3) is 0 Å². The number of nitrogens with zero attached hydrogens (tertiary/aromatic N) is 3. The summed E-state index contributed by atoms with van der Waals surface area (Å²) in [5.41, 5.74) is 2.59. The van der Waals surface area contributed by atoms with E-state index in [2.05, 4.69) is 58.5 Å². The molecule has 1 aromatic carbocycles. The molecule has 2 heterocycles. The molecular formula is C22H37N5O. The lowest BCUT2D eigenvalue weighted by Gasteiger charge is -2.32. The second kappa shape index (κ2) is 11.3. The number of morpholine rings is 1. The molecule has 2 saturated heterocycles. The van der Waals surface area contributed by atoms with Crippen LogP contribution in [0, 0.1) is 5.92 Å². The third kappa shape index (κ3) is 6.67. The maximum absolute atomic E-state index is 5.40. The summed E-state index contributed by atoms with van der Waals surface area (Å²) in [6.07, 6.45) is 2.60. The van der Waals surface area contributed by atoms with Crippen LogP contribution in [0.5, 0.6) is 0 Å². The molecule has 28 heavy (non-hydrogen) atoms. The van der Waals surface area contributed by atoms with Crippen LogP contribution in [0.4, 0.5) is 5.69 Å². The van der Waals surface area contributed by atoms with Gasteiger partial charge in [-0.15, -0.1) is 0 Å². The third-order valence-electron chi connectivity index (χ3n) is 5.67. The predicted molar refractivity (Wildman–Crippen MR) is 117 cm³/mol. The van der Waals surface area contributed by atoms with Gasteiger partial charge in [-0.3, -0.25) is 4.90 Å². The summed E-state index contributed by atoms with van der Waals surface area (Å²) in [6.45, 7) is 14.1. The van der Waals surface area contributed by atoms with Crippen molar-refractivity contribution < 1.29 is 4.74 Å². The van der Waals surface area contributed by atoms with Crippen molar-refractivity contribution >= 4 is 11.6 Å². The summed E-state index contributed by atoms with van der Waals surface area (Å²) >= 11 is 0. The van der Waals surface area contributed by atoms with Crippen molar-refractivity contribution in [3.8, 4) is 0 Å². The number of piperidine rings is 1. The molecule has 2 aliphatic rings. The lowest BCUT2D eigenvalue weighted by Crippen LogP contribution is -2.44. The SMILES string of the molecule is CCNC(=NCc1ccc(N2CCC(C)CC2)cc1)NCCN1CCOCC1. The van der Waals surface area contributed by atoms with Crippen molar-refractivity contribution in [2.75, 3.05) is 63.9 Å². The van der Waals surface area contributed by atoms with Crippen molar-refractivity contribution in [2.45, 2.75) is 33.2 Å². The summed E-state index contributed by atoms with van der Waals surface area (Å²) in [6, 6.07) is 8.93. The van der Waals surface area contributed by atoms with Gasteiger partial charge in [-0.25, -0.2) is 4.99 Å². The van der Waals surface area contributed by atoms with Gasteiger partial charge < -0.3 is 20.3 Å². The first kappa shape index (κ1) is 20.9. The highest BCUT2D eigenvalue weighted by Gasteiger charge is 2.15. The predicted octanol–water partition coefficient (Wildman–Crippen LogP) is 2.31. The Morgan fingerprint density at radius 3 is 2.46 bits per heavy atom. The second-order valence-electron chi connectivity index (χ2n) is 7.91. The summed E-state index contributed by atoms with van der Waals surface area (Å²) in [7, 11) is 0. The number of ether oxygens (including phenoxy) is 1. The molecule has 0 saturated carbocycles. The van der Waals surface area contributed by atoms with E-state index in [0.717, 1.165) is 57.8 Å². The fourth-order valence-electron chi connectivity index (χ4n) is 3.75. The van der Waals surface area contributed by atoms with E-state index >= 15 is 0 Å². The van der Waals surface area contributed by atoms with Gasteiger partial charge in [0, 0.05) is 51.5 Å². The van der Waals surface area contributed by atoms with Crippen LogP contribution < -0.4 is 15.5 Å². The molecule has 6 nitrogen and oxygen atoms in total. The average molecular weight is 388 g/mol. The van der Waals surface area contributed by atoms with Gasteiger partial charge in [-0.2, -0.15) is 0 Å². The van der Waals surface area contributed by atoms with E-state index in [9.17, 15) is 0 Å². The molecule has 3 rings (SSSR count). The van der Waals surface area contributed by atoms with Gasteiger partial charge in [0.15, 0.2) is 5.96 Å². The van der Waals surface area contributed by atoms with Crippen molar-refractivity contribution in [1.29, 1.82) is 0 Å². The lowest BCUT2D eigenvalue weighted by atomic mass is 9.99. The van der Waals surface area contributed by atoms with E-state index in [1.54, 1.807) is 0 Å². The Labute approximate surface area is 170 Å². The van der Waals surface area contributed by atoms with Gasteiger partial charge in [0.1, 0.15) is 0 Å². The molecule has 0 aliphatic carbocycles. The van der Waals surface area contributed by atoms with E-state index in [4.69, 9.17) is 9.73 Å². The standard InChI is InChI=1S/C22H37N5O/c1-3-23-22(24-10-13-26-14-16-28-17-15-26)25-18-20-4-6-21(7-5-20)27-11-8-19(2)9-12-27/h4-7,19H,3,8-18H2,1-2H3,(H2,23,24,25). The van der Waals surface area contributed by atoms with Gasteiger partial charge in [-0.05, 0) is 43.4 Å². The minimum Gasteiger partial charge on any atom is -0.379 e. The zero-order valence-corrected chi connectivity index (χ0v) is 17.6. The second-order valence-corrected chi connectivity index (χ2v) is 7.91. The van der Waals surface area contributed by atoms with Crippen LogP contribution in [-0.4, -0.2) is 69.9 Å². The number of hydrogen-bond acceptors (Lipinski definition) is 4. The van der Waals surface area contributed by atoms with E-state index < -0.39 is 0 Å². The zero-order chi connectivity index (χ0) is 19.6. The van der Waals surface area contributed by atoms with Gasteiger partial charge >= 0.3 is 0 Å². The van der Waals surface area contributed by atoms with Gasteiger partial charge in [-0.1, -0.05) is 19.1 Å². The number of benzene rings is 1. The third-order valence-corrected chi connectivity index (χ3v) is 5.67. The Hall–Kier alpha value is -1.79. The van der Waals surface area contributed by atoms with Crippen LogP contribution in [0.3, 0.4) is 0 Å².